The van der Waals surface area contributed by atoms with Crippen LogP contribution in [0.3, 0.4) is 0 Å². The zero-order chi connectivity index (χ0) is 15.0. The van der Waals surface area contributed by atoms with Crippen LogP contribution in [0.25, 0.3) is 11.1 Å². The molecule has 0 bridgehead atoms. The van der Waals surface area contributed by atoms with Crippen LogP contribution >= 0.6 is 15.9 Å². The average Bonchev–Trinajstić information content (AvgIpc) is 2.77. The van der Waals surface area contributed by atoms with E-state index in [9.17, 15) is 8.78 Å². The van der Waals surface area contributed by atoms with Gasteiger partial charge < -0.3 is 9.47 Å². The van der Waals surface area contributed by atoms with E-state index in [1.807, 2.05) is 24.3 Å². The lowest BCUT2D eigenvalue weighted by molar-refractivity contribution is -0.286. The first kappa shape index (κ1) is 14.3. The number of rotatable bonds is 3. The molecule has 110 valence electrons. The largest absolute Gasteiger partial charge is 0.586 e. The maximum Gasteiger partial charge on any atom is 0.586 e. The molecule has 0 unspecified atom stereocenters. The first-order valence-corrected chi connectivity index (χ1v) is 7.47. The lowest BCUT2D eigenvalue weighted by atomic mass is 10.0. The number of hydrogen-bond donors (Lipinski definition) is 0. The van der Waals surface area contributed by atoms with Gasteiger partial charge in [-0.1, -0.05) is 37.6 Å². The quantitative estimate of drug-likeness (QED) is 0.735. The molecule has 0 aromatic heterocycles. The fourth-order valence-electron chi connectivity index (χ4n) is 2.36. The normalized spacial score (nSPS) is 15.2. The number of alkyl halides is 2. The highest BCUT2D eigenvalue weighted by atomic mass is 79.9. The molecule has 1 aliphatic heterocycles. The van der Waals surface area contributed by atoms with Crippen molar-refractivity contribution in [1.82, 2.24) is 0 Å². The maximum absolute atomic E-state index is 13.3. The molecule has 2 aromatic carbocycles. The standard InChI is InChI=1S/C16H13BrF2O2/c1-2-3-10-4-6-11(7-5-10)12-8-9-13(17)15-14(12)20-16(18,19)21-15/h4-9H,2-3H2,1H3. The molecule has 0 spiro atoms. The molecule has 0 saturated carbocycles. The van der Waals surface area contributed by atoms with E-state index in [0.717, 1.165) is 18.4 Å². The summed E-state index contributed by atoms with van der Waals surface area (Å²) in [7, 11) is 0. The highest BCUT2D eigenvalue weighted by Crippen LogP contribution is 2.50. The first-order chi connectivity index (χ1) is 10.00. The summed E-state index contributed by atoms with van der Waals surface area (Å²) >= 11 is 3.20. The van der Waals surface area contributed by atoms with Gasteiger partial charge in [-0.3, -0.25) is 0 Å². The molecular formula is C16H13BrF2O2. The zero-order valence-corrected chi connectivity index (χ0v) is 12.9. The van der Waals surface area contributed by atoms with Crippen LogP contribution in [0.15, 0.2) is 40.9 Å². The summed E-state index contributed by atoms with van der Waals surface area (Å²) in [6.45, 7) is 2.11. The predicted octanol–water partition coefficient (Wildman–Crippen LogP) is 5.39. The molecule has 3 rings (SSSR count). The highest BCUT2D eigenvalue weighted by Gasteiger charge is 2.45. The van der Waals surface area contributed by atoms with Gasteiger partial charge in [0.25, 0.3) is 0 Å². The molecule has 2 aromatic rings. The molecule has 2 nitrogen and oxygen atoms in total. The Labute approximate surface area is 129 Å². The zero-order valence-electron chi connectivity index (χ0n) is 11.3. The molecule has 0 atom stereocenters. The third kappa shape index (κ3) is 2.75. The molecule has 0 amide bonds. The van der Waals surface area contributed by atoms with Gasteiger partial charge >= 0.3 is 6.29 Å². The highest BCUT2D eigenvalue weighted by molar-refractivity contribution is 9.10. The smallest absolute Gasteiger partial charge is 0.395 e. The Morgan fingerprint density at radius 3 is 2.33 bits per heavy atom. The van der Waals surface area contributed by atoms with Gasteiger partial charge in [-0.15, -0.1) is 8.78 Å². The number of hydrogen-bond acceptors (Lipinski definition) is 2. The Morgan fingerprint density at radius 1 is 1.00 bits per heavy atom. The Bertz CT molecular complexity index is 669. The lowest BCUT2D eigenvalue weighted by Gasteiger charge is -2.08. The van der Waals surface area contributed by atoms with Crippen molar-refractivity contribution in [2.24, 2.45) is 0 Å². The van der Waals surface area contributed by atoms with Gasteiger partial charge in [0.15, 0.2) is 11.5 Å². The molecule has 1 heterocycles. The Balaban J connectivity index is 2.03. The fraction of sp³-hybridized carbons (Fsp3) is 0.250. The van der Waals surface area contributed by atoms with Crippen molar-refractivity contribution in [2.45, 2.75) is 26.1 Å². The SMILES string of the molecule is CCCc1ccc(-c2ccc(Br)c3c2OC(F)(F)O3)cc1. The maximum atomic E-state index is 13.3. The second-order valence-corrected chi connectivity index (χ2v) is 5.72. The number of fused-ring (bicyclic) bond motifs is 1. The molecule has 1 aliphatic rings. The number of ether oxygens (including phenoxy) is 2. The molecule has 0 fully saturated rings. The van der Waals surface area contributed by atoms with Crippen molar-refractivity contribution >= 4 is 15.9 Å². The molecule has 0 radical (unpaired) electrons. The molecular weight excluding hydrogens is 342 g/mol. The minimum Gasteiger partial charge on any atom is -0.395 e. The summed E-state index contributed by atoms with van der Waals surface area (Å²) in [5.41, 5.74) is 2.63. The molecule has 21 heavy (non-hydrogen) atoms. The van der Waals surface area contributed by atoms with Crippen molar-refractivity contribution in [2.75, 3.05) is 0 Å². The van der Waals surface area contributed by atoms with Crippen molar-refractivity contribution in [1.29, 1.82) is 0 Å². The van der Waals surface area contributed by atoms with Gasteiger partial charge in [0.2, 0.25) is 0 Å². The van der Waals surface area contributed by atoms with Gasteiger partial charge in [-0.25, -0.2) is 0 Å². The number of halogens is 3. The number of aryl methyl sites for hydroxylation is 1. The van der Waals surface area contributed by atoms with Crippen LogP contribution < -0.4 is 9.47 Å². The van der Waals surface area contributed by atoms with Crippen molar-refractivity contribution in [3.63, 3.8) is 0 Å². The fourth-order valence-corrected chi connectivity index (χ4v) is 2.75. The Morgan fingerprint density at radius 2 is 1.67 bits per heavy atom. The average molecular weight is 355 g/mol. The van der Waals surface area contributed by atoms with Gasteiger partial charge in [-0.2, -0.15) is 0 Å². The van der Waals surface area contributed by atoms with E-state index in [2.05, 4.69) is 32.3 Å². The Hall–Kier alpha value is -1.62. The number of benzene rings is 2. The lowest BCUT2D eigenvalue weighted by Crippen LogP contribution is -2.26. The third-order valence-electron chi connectivity index (χ3n) is 3.31. The topological polar surface area (TPSA) is 18.5 Å². The van der Waals surface area contributed by atoms with Crippen LogP contribution in [0, 0.1) is 0 Å². The van der Waals surface area contributed by atoms with E-state index in [-0.39, 0.29) is 11.5 Å². The summed E-state index contributed by atoms with van der Waals surface area (Å²) in [5, 5.41) is 0. The Kier molecular flexibility index (Phi) is 3.61. The van der Waals surface area contributed by atoms with Crippen LogP contribution in [-0.2, 0) is 6.42 Å². The summed E-state index contributed by atoms with van der Waals surface area (Å²) in [6.07, 6.45) is -1.56. The van der Waals surface area contributed by atoms with Crippen LogP contribution in [0.1, 0.15) is 18.9 Å². The van der Waals surface area contributed by atoms with Crippen molar-refractivity contribution < 1.29 is 18.3 Å². The van der Waals surface area contributed by atoms with Gasteiger partial charge in [0.05, 0.1) is 4.47 Å². The second kappa shape index (κ2) is 5.30. The van der Waals surface area contributed by atoms with Gasteiger partial charge in [0, 0.05) is 5.56 Å². The molecule has 0 saturated heterocycles. The van der Waals surface area contributed by atoms with E-state index in [1.165, 1.54) is 5.56 Å². The summed E-state index contributed by atoms with van der Waals surface area (Å²) < 4.78 is 36.3. The molecule has 0 aliphatic carbocycles. The van der Waals surface area contributed by atoms with E-state index in [1.54, 1.807) is 12.1 Å². The molecule has 5 heteroatoms. The predicted molar refractivity (Wildman–Crippen MR) is 79.8 cm³/mol. The van der Waals surface area contributed by atoms with Crippen LogP contribution in [0.2, 0.25) is 0 Å². The van der Waals surface area contributed by atoms with Crippen molar-refractivity contribution in [3.05, 3.63) is 46.4 Å². The van der Waals surface area contributed by atoms with E-state index < -0.39 is 6.29 Å². The van der Waals surface area contributed by atoms with Crippen LogP contribution in [0.4, 0.5) is 8.78 Å². The van der Waals surface area contributed by atoms with E-state index in [4.69, 9.17) is 0 Å². The van der Waals surface area contributed by atoms with E-state index >= 15 is 0 Å². The van der Waals surface area contributed by atoms with E-state index in [0.29, 0.717) is 10.0 Å². The summed E-state index contributed by atoms with van der Waals surface area (Å²) in [6, 6.07) is 11.2. The van der Waals surface area contributed by atoms with Gasteiger partial charge in [-0.05, 0) is 45.6 Å². The minimum atomic E-state index is -3.62. The van der Waals surface area contributed by atoms with Crippen LogP contribution in [-0.4, -0.2) is 6.29 Å². The van der Waals surface area contributed by atoms with Crippen LogP contribution in [0.5, 0.6) is 11.5 Å². The monoisotopic (exact) mass is 354 g/mol. The third-order valence-corrected chi connectivity index (χ3v) is 3.93. The summed E-state index contributed by atoms with van der Waals surface area (Å²) in [5.74, 6) is 0.104. The minimum absolute atomic E-state index is 0.0372. The summed E-state index contributed by atoms with van der Waals surface area (Å²) in [4.78, 5) is 0. The first-order valence-electron chi connectivity index (χ1n) is 6.68. The second-order valence-electron chi connectivity index (χ2n) is 4.87. The van der Waals surface area contributed by atoms with Gasteiger partial charge in [0.1, 0.15) is 0 Å². The molecule has 0 N–H and O–H groups in total. The van der Waals surface area contributed by atoms with Crippen molar-refractivity contribution in [3.8, 4) is 22.6 Å².